The monoisotopic (exact) mass is 405 g/mol. The smallest absolute Gasteiger partial charge is 0.297 e. The second kappa shape index (κ2) is 8.03. The van der Waals surface area contributed by atoms with Gasteiger partial charge in [-0.2, -0.15) is 8.42 Å². The molecule has 0 spiro atoms. The van der Waals surface area contributed by atoms with E-state index in [1.165, 1.54) is 19.2 Å². The molecule has 0 unspecified atom stereocenters. The molecule has 0 aliphatic heterocycles. The van der Waals surface area contributed by atoms with Gasteiger partial charge < -0.3 is 4.74 Å². The molecule has 0 fully saturated rings. The first-order chi connectivity index (χ1) is 14.1. The number of ether oxygens (including phenoxy) is 1. The fourth-order valence-corrected chi connectivity index (χ4v) is 3.95. The van der Waals surface area contributed by atoms with E-state index in [1.54, 1.807) is 12.1 Å². The van der Waals surface area contributed by atoms with Crippen LogP contribution in [-0.2, 0) is 20.9 Å². The van der Waals surface area contributed by atoms with E-state index in [4.69, 9.17) is 8.92 Å². The Morgan fingerprint density at radius 1 is 0.862 bits per heavy atom. The van der Waals surface area contributed by atoms with Crippen molar-refractivity contribution in [3.8, 4) is 17.0 Å². The Labute approximate surface area is 169 Å². The quantitative estimate of drug-likeness (QED) is 0.431. The number of pyridine rings is 1. The van der Waals surface area contributed by atoms with E-state index >= 15 is 0 Å². The van der Waals surface area contributed by atoms with Crippen LogP contribution in [0.1, 0.15) is 5.69 Å². The van der Waals surface area contributed by atoms with Gasteiger partial charge in [-0.15, -0.1) is 0 Å². The Hall–Kier alpha value is -3.22. The summed E-state index contributed by atoms with van der Waals surface area (Å²) >= 11 is 0. The predicted molar refractivity (Wildman–Crippen MR) is 112 cm³/mol. The Bertz CT molecular complexity index is 1240. The Morgan fingerprint density at radius 3 is 2.28 bits per heavy atom. The Morgan fingerprint density at radius 2 is 1.55 bits per heavy atom. The Kier molecular flexibility index (Phi) is 5.29. The number of aromatic nitrogens is 1. The summed E-state index contributed by atoms with van der Waals surface area (Å²) in [5, 5.41) is 1.83. The van der Waals surface area contributed by atoms with Crippen LogP contribution in [0.15, 0.2) is 89.8 Å². The summed E-state index contributed by atoms with van der Waals surface area (Å²) in [6.07, 6.45) is 0. The van der Waals surface area contributed by atoms with E-state index in [0.29, 0.717) is 11.4 Å². The zero-order valence-corrected chi connectivity index (χ0v) is 16.6. The van der Waals surface area contributed by atoms with Gasteiger partial charge in [-0.05, 0) is 35.7 Å². The van der Waals surface area contributed by atoms with Gasteiger partial charge in [0.25, 0.3) is 10.1 Å². The molecule has 0 aliphatic rings. The molecule has 1 heterocycles. The second-order valence-electron chi connectivity index (χ2n) is 6.43. The van der Waals surface area contributed by atoms with E-state index in [1.807, 2.05) is 60.7 Å². The van der Waals surface area contributed by atoms with Crippen LogP contribution in [-0.4, -0.2) is 20.5 Å². The average Bonchev–Trinajstić information content (AvgIpc) is 2.78. The van der Waals surface area contributed by atoms with Crippen molar-refractivity contribution in [2.24, 2.45) is 0 Å². The van der Waals surface area contributed by atoms with Crippen molar-refractivity contribution in [2.45, 2.75) is 11.5 Å². The SMILES string of the molecule is COc1ccc(S(=O)(=O)OCc2nc(-c3ccccc3)cc3ccccc23)cc1. The molecule has 3 aromatic carbocycles. The molecule has 0 bridgehead atoms. The van der Waals surface area contributed by atoms with Crippen molar-refractivity contribution in [2.75, 3.05) is 7.11 Å². The molecule has 0 saturated heterocycles. The molecule has 4 aromatic rings. The molecular weight excluding hydrogens is 386 g/mol. The van der Waals surface area contributed by atoms with Crippen LogP contribution in [0.2, 0.25) is 0 Å². The highest BCUT2D eigenvalue weighted by Crippen LogP contribution is 2.26. The summed E-state index contributed by atoms with van der Waals surface area (Å²) in [7, 11) is -2.40. The fraction of sp³-hybridized carbons (Fsp3) is 0.0870. The topological polar surface area (TPSA) is 65.5 Å². The van der Waals surface area contributed by atoms with Crippen LogP contribution in [0.5, 0.6) is 5.75 Å². The van der Waals surface area contributed by atoms with Crippen LogP contribution in [0.3, 0.4) is 0 Å². The number of methoxy groups -OCH3 is 1. The van der Waals surface area contributed by atoms with Gasteiger partial charge in [-0.3, -0.25) is 4.18 Å². The highest BCUT2D eigenvalue weighted by molar-refractivity contribution is 7.86. The molecule has 1 aromatic heterocycles. The minimum atomic E-state index is -3.93. The molecule has 6 heteroatoms. The number of fused-ring (bicyclic) bond motifs is 1. The van der Waals surface area contributed by atoms with Gasteiger partial charge in [-0.1, -0.05) is 54.6 Å². The van der Waals surface area contributed by atoms with E-state index in [-0.39, 0.29) is 11.5 Å². The lowest BCUT2D eigenvalue weighted by atomic mass is 10.1. The van der Waals surface area contributed by atoms with Crippen molar-refractivity contribution in [3.05, 3.63) is 90.6 Å². The number of rotatable bonds is 6. The van der Waals surface area contributed by atoms with Crippen molar-refractivity contribution in [3.63, 3.8) is 0 Å². The minimum Gasteiger partial charge on any atom is -0.497 e. The zero-order valence-electron chi connectivity index (χ0n) is 15.8. The standard InChI is InChI=1S/C23H19NO4S/c1-27-19-11-13-20(14-12-19)29(25,26)28-16-23-21-10-6-5-9-18(21)15-22(24-23)17-7-3-2-4-8-17/h2-15H,16H2,1H3. The van der Waals surface area contributed by atoms with Crippen LogP contribution in [0.4, 0.5) is 0 Å². The van der Waals surface area contributed by atoms with Gasteiger partial charge in [0.1, 0.15) is 12.4 Å². The summed E-state index contributed by atoms with van der Waals surface area (Å²) in [5.41, 5.74) is 2.29. The van der Waals surface area contributed by atoms with Gasteiger partial charge in [0.2, 0.25) is 0 Å². The third-order valence-corrected chi connectivity index (χ3v) is 5.87. The van der Waals surface area contributed by atoms with E-state index in [0.717, 1.165) is 22.0 Å². The highest BCUT2D eigenvalue weighted by atomic mass is 32.2. The maximum absolute atomic E-state index is 12.6. The minimum absolute atomic E-state index is 0.0711. The van der Waals surface area contributed by atoms with Gasteiger partial charge in [-0.25, -0.2) is 4.98 Å². The van der Waals surface area contributed by atoms with Crippen LogP contribution < -0.4 is 4.74 Å². The normalized spacial score (nSPS) is 11.5. The van der Waals surface area contributed by atoms with E-state index in [2.05, 4.69) is 4.98 Å². The van der Waals surface area contributed by atoms with Crippen LogP contribution in [0.25, 0.3) is 22.0 Å². The molecule has 0 saturated carbocycles. The number of hydrogen-bond acceptors (Lipinski definition) is 5. The molecular formula is C23H19NO4S. The molecule has 5 nitrogen and oxygen atoms in total. The van der Waals surface area contributed by atoms with Crippen molar-refractivity contribution >= 4 is 20.9 Å². The fourth-order valence-electron chi connectivity index (χ4n) is 3.08. The van der Waals surface area contributed by atoms with Gasteiger partial charge >= 0.3 is 0 Å². The van der Waals surface area contributed by atoms with Gasteiger partial charge in [0.05, 0.1) is 23.4 Å². The highest BCUT2D eigenvalue weighted by Gasteiger charge is 2.17. The van der Waals surface area contributed by atoms with Crippen molar-refractivity contribution in [1.29, 1.82) is 0 Å². The lowest BCUT2D eigenvalue weighted by Gasteiger charge is -2.11. The molecule has 0 N–H and O–H groups in total. The largest absolute Gasteiger partial charge is 0.497 e. The van der Waals surface area contributed by atoms with E-state index < -0.39 is 10.1 Å². The van der Waals surface area contributed by atoms with Crippen molar-refractivity contribution in [1.82, 2.24) is 4.98 Å². The first-order valence-corrected chi connectivity index (χ1v) is 10.5. The molecule has 0 atom stereocenters. The molecule has 146 valence electrons. The first kappa shape index (κ1) is 19.1. The second-order valence-corrected chi connectivity index (χ2v) is 8.05. The lowest BCUT2D eigenvalue weighted by molar-refractivity contribution is 0.305. The van der Waals surface area contributed by atoms with Crippen LogP contribution in [0, 0.1) is 0 Å². The predicted octanol–water partition coefficient (Wildman–Crippen LogP) is 4.82. The summed E-state index contributed by atoms with van der Waals surface area (Å²) < 4.78 is 35.6. The lowest BCUT2D eigenvalue weighted by Crippen LogP contribution is -2.08. The van der Waals surface area contributed by atoms with Gasteiger partial charge in [0.15, 0.2) is 0 Å². The zero-order chi connectivity index (χ0) is 20.3. The molecule has 29 heavy (non-hydrogen) atoms. The Balaban J connectivity index is 1.68. The summed E-state index contributed by atoms with van der Waals surface area (Å²) in [6.45, 7) is -0.157. The number of nitrogens with zero attached hydrogens (tertiary/aromatic N) is 1. The molecule has 0 radical (unpaired) electrons. The average molecular weight is 405 g/mol. The number of benzene rings is 3. The molecule has 0 aliphatic carbocycles. The number of hydrogen-bond donors (Lipinski definition) is 0. The van der Waals surface area contributed by atoms with Crippen molar-refractivity contribution < 1.29 is 17.3 Å². The van der Waals surface area contributed by atoms with E-state index in [9.17, 15) is 8.42 Å². The third kappa shape index (κ3) is 4.13. The summed E-state index contributed by atoms with van der Waals surface area (Å²) in [5.74, 6) is 0.576. The first-order valence-electron chi connectivity index (χ1n) is 9.04. The third-order valence-electron chi connectivity index (χ3n) is 4.59. The summed E-state index contributed by atoms with van der Waals surface area (Å²) in [6, 6.07) is 25.6. The maximum Gasteiger partial charge on any atom is 0.297 e. The molecule has 4 rings (SSSR count). The summed E-state index contributed by atoms with van der Waals surface area (Å²) in [4.78, 5) is 4.76. The van der Waals surface area contributed by atoms with Crippen LogP contribution >= 0.6 is 0 Å². The van der Waals surface area contributed by atoms with Gasteiger partial charge in [0, 0.05) is 10.9 Å². The maximum atomic E-state index is 12.6. The molecule has 0 amide bonds.